The van der Waals surface area contributed by atoms with Crippen molar-refractivity contribution in [2.24, 2.45) is 0 Å². The Morgan fingerprint density at radius 1 is 0.225 bits per heavy atom. The minimum absolute atomic E-state index is 0.250. The number of aldehydes is 2. The van der Waals surface area contributed by atoms with Crippen LogP contribution >= 0.6 is 0 Å². The highest BCUT2D eigenvalue weighted by Gasteiger charge is 2.47. The van der Waals surface area contributed by atoms with Gasteiger partial charge in [-0.2, -0.15) is 0 Å². The SMILES string of the molecule is O=CC(O)C(O)C(O)C(O)C(O)C(O)C(O)C(O)C(O)C(O)C(O)C(O)C(O)C(O)C(O)C(O)C(O)C(O)C=O. The third-order valence-corrected chi connectivity index (χ3v) is 6.23. The maximum absolute atomic E-state index is 10.5. The topological polar surface area (TPSA) is 398 Å². The van der Waals surface area contributed by atoms with Crippen molar-refractivity contribution in [1.29, 1.82) is 0 Å². The first kappa shape index (κ1) is 38.6. The Bertz CT molecular complexity index is 685. The van der Waals surface area contributed by atoms with Crippen LogP contribution in [0.25, 0.3) is 0 Å². The number of carbonyl (C=O) groups excluding carboxylic acids is 2. The molecule has 0 aromatic carbocycles. The summed E-state index contributed by atoms with van der Waals surface area (Å²) in [6, 6.07) is 0. The third-order valence-electron chi connectivity index (χ3n) is 6.23. The molecule has 0 aliphatic rings. The summed E-state index contributed by atoms with van der Waals surface area (Å²) in [5.74, 6) is 0. The van der Waals surface area contributed by atoms with Gasteiger partial charge in [0.25, 0.3) is 0 Å². The zero-order valence-corrected chi connectivity index (χ0v) is 20.4. The van der Waals surface area contributed by atoms with Crippen LogP contribution in [0, 0.1) is 0 Å². The molecule has 18 unspecified atom stereocenters. The summed E-state index contributed by atoms with van der Waals surface area (Å²) in [5, 5.41) is 176. The minimum Gasteiger partial charge on any atom is -0.387 e. The smallest absolute Gasteiger partial charge is 0.151 e. The largest absolute Gasteiger partial charge is 0.387 e. The number of aliphatic hydroxyl groups excluding tert-OH is 18. The van der Waals surface area contributed by atoms with Crippen molar-refractivity contribution in [2.75, 3.05) is 0 Å². The van der Waals surface area contributed by atoms with E-state index in [1.165, 1.54) is 0 Å². The molecule has 0 bridgehead atoms. The van der Waals surface area contributed by atoms with Crippen LogP contribution in [0.4, 0.5) is 0 Å². The lowest BCUT2D eigenvalue weighted by Gasteiger charge is -2.37. The molecule has 0 amide bonds. The Kier molecular flexibility index (Phi) is 16.3. The summed E-state index contributed by atoms with van der Waals surface area (Å²) in [5.41, 5.74) is 0. The van der Waals surface area contributed by atoms with Crippen molar-refractivity contribution < 1.29 is 102 Å². The van der Waals surface area contributed by atoms with Crippen LogP contribution in [0.1, 0.15) is 0 Å². The summed E-state index contributed by atoms with van der Waals surface area (Å²) < 4.78 is 0. The molecule has 40 heavy (non-hydrogen) atoms. The lowest BCUT2D eigenvalue weighted by atomic mass is 9.87. The standard InChI is InChI=1S/C20H38O20/c21-1-3(23)5(25)7(27)9(29)11(31)13(33)15(35)17(37)19(39)20(40)18(38)16(36)14(34)12(32)10(30)8(28)6(26)4(24)2-22/h1-20,23-40H. The molecular formula is C20H38O20. The predicted molar refractivity (Wildman–Crippen MR) is 120 cm³/mol. The highest BCUT2D eigenvalue weighted by molar-refractivity contribution is 5.57. The van der Waals surface area contributed by atoms with Crippen LogP contribution in [0.2, 0.25) is 0 Å². The van der Waals surface area contributed by atoms with Crippen LogP contribution in [-0.2, 0) is 9.59 Å². The zero-order chi connectivity index (χ0) is 31.8. The van der Waals surface area contributed by atoms with Gasteiger partial charge in [0, 0.05) is 0 Å². The predicted octanol–water partition coefficient (Wildman–Crippen LogP) is -12.1. The second-order valence-corrected chi connectivity index (χ2v) is 9.10. The molecule has 0 spiro atoms. The first-order valence-electron chi connectivity index (χ1n) is 11.5. The summed E-state index contributed by atoms with van der Waals surface area (Å²) in [6.45, 7) is 0. The molecule has 0 rings (SSSR count). The highest BCUT2D eigenvalue weighted by atomic mass is 16.4. The molecule has 0 aliphatic carbocycles. The van der Waals surface area contributed by atoms with Crippen LogP contribution in [0.3, 0.4) is 0 Å². The van der Waals surface area contributed by atoms with Crippen molar-refractivity contribution in [3.8, 4) is 0 Å². The van der Waals surface area contributed by atoms with Crippen LogP contribution < -0.4 is 0 Å². The van der Waals surface area contributed by atoms with Gasteiger partial charge in [0.2, 0.25) is 0 Å². The Labute approximate surface area is 224 Å². The summed E-state index contributed by atoms with van der Waals surface area (Å²) in [7, 11) is 0. The van der Waals surface area contributed by atoms with Crippen molar-refractivity contribution in [3.05, 3.63) is 0 Å². The van der Waals surface area contributed by atoms with Gasteiger partial charge >= 0.3 is 0 Å². The Morgan fingerprint density at radius 3 is 0.425 bits per heavy atom. The summed E-state index contributed by atoms with van der Waals surface area (Å²) >= 11 is 0. The second-order valence-electron chi connectivity index (χ2n) is 9.10. The molecular weight excluding hydrogens is 560 g/mol. The van der Waals surface area contributed by atoms with Gasteiger partial charge in [-0.05, 0) is 0 Å². The highest BCUT2D eigenvalue weighted by Crippen LogP contribution is 2.20. The molecule has 0 aromatic heterocycles. The Hall–Kier alpha value is -1.38. The molecule has 0 saturated heterocycles. The van der Waals surface area contributed by atoms with Gasteiger partial charge in [0.15, 0.2) is 12.6 Å². The number of rotatable bonds is 19. The molecule has 0 aromatic rings. The molecule has 20 nitrogen and oxygen atoms in total. The maximum Gasteiger partial charge on any atom is 0.151 e. The molecule has 0 fully saturated rings. The van der Waals surface area contributed by atoms with E-state index < -0.39 is 110 Å². The van der Waals surface area contributed by atoms with Gasteiger partial charge in [-0.3, -0.25) is 0 Å². The second kappa shape index (κ2) is 16.9. The van der Waals surface area contributed by atoms with E-state index in [4.69, 9.17) is 10.2 Å². The molecule has 18 atom stereocenters. The minimum atomic E-state index is -2.77. The van der Waals surface area contributed by atoms with Crippen LogP contribution in [0.5, 0.6) is 0 Å². The average Bonchev–Trinajstić information content (AvgIpc) is 2.97. The van der Waals surface area contributed by atoms with Crippen molar-refractivity contribution in [3.63, 3.8) is 0 Å². The summed E-state index contributed by atoms with van der Waals surface area (Å²) in [6.07, 6.45) is -47.3. The summed E-state index contributed by atoms with van der Waals surface area (Å²) in [4.78, 5) is 20.9. The van der Waals surface area contributed by atoms with Gasteiger partial charge in [0.1, 0.15) is 110 Å². The maximum atomic E-state index is 10.5. The van der Waals surface area contributed by atoms with Gasteiger partial charge in [-0.1, -0.05) is 0 Å². The third kappa shape index (κ3) is 9.32. The molecule has 0 saturated carbocycles. The van der Waals surface area contributed by atoms with E-state index in [2.05, 4.69) is 0 Å². The quantitative estimate of drug-likeness (QED) is 0.0613. The van der Waals surface area contributed by atoms with Gasteiger partial charge in [0.05, 0.1) is 0 Å². The van der Waals surface area contributed by atoms with E-state index in [1.807, 2.05) is 0 Å². The first-order chi connectivity index (χ1) is 18.3. The molecule has 20 heteroatoms. The molecule has 238 valence electrons. The van der Waals surface area contributed by atoms with Gasteiger partial charge in [-0.25, -0.2) is 0 Å². The van der Waals surface area contributed by atoms with E-state index in [1.54, 1.807) is 0 Å². The number of hydrogen-bond acceptors (Lipinski definition) is 20. The monoisotopic (exact) mass is 598 g/mol. The lowest BCUT2D eigenvalue weighted by molar-refractivity contribution is -0.210. The van der Waals surface area contributed by atoms with Crippen molar-refractivity contribution in [1.82, 2.24) is 0 Å². The number of hydrogen-bond donors (Lipinski definition) is 18. The van der Waals surface area contributed by atoms with Crippen molar-refractivity contribution in [2.45, 2.75) is 110 Å². The van der Waals surface area contributed by atoms with E-state index in [-0.39, 0.29) is 12.6 Å². The average molecular weight is 599 g/mol. The van der Waals surface area contributed by atoms with E-state index >= 15 is 0 Å². The van der Waals surface area contributed by atoms with E-state index in [9.17, 15) is 91.3 Å². The molecule has 0 heterocycles. The van der Waals surface area contributed by atoms with E-state index in [0.29, 0.717) is 0 Å². The fourth-order valence-electron chi connectivity index (χ4n) is 3.39. The Morgan fingerprint density at radius 2 is 0.325 bits per heavy atom. The van der Waals surface area contributed by atoms with Gasteiger partial charge < -0.3 is 102 Å². The fraction of sp³-hybridized carbons (Fsp3) is 0.900. The van der Waals surface area contributed by atoms with Crippen molar-refractivity contribution >= 4 is 12.6 Å². The van der Waals surface area contributed by atoms with E-state index in [0.717, 1.165) is 0 Å². The van der Waals surface area contributed by atoms with Crippen LogP contribution in [-0.4, -0.2) is 214 Å². The fourth-order valence-corrected chi connectivity index (χ4v) is 3.39. The number of carbonyl (C=O) groups is 2. The van der Waals surface area contributed by atoms with Gasteiger partial charge in [-0.15, -0.1) is 0 Å². The molecule has 0 aliphatic heterocycles. The number of aliphatic hydroxyl groups is 18. The Balaban J connectivity index is 5.42. The molecule has 18 N–H and O–H groups in total. The normalized spacial score (nSPS) is 26.1. The zero-order valence-electron chi connectivity index (χ0n) is 20.4. The molecule has 0 radical (unpaired) electrons. The first-order valence-corrected chi connectivity index (χ1v) is 11.5. The lowest BCUT2D eigenvalue weighted by Crippen LogP contribution is -2.61. The van der Waals surface area contributed by atoms with Crippen LogP contribution in [0.15, 0.2) is 0 Å².